The summed E-state index contributed by atoms with van der Waals surface area (Å²) in [7, 11) is 0. The molecular formula is C11H15N5O2. The summed E-state index contributed by atoms with van der Waals surface area (Å²) >= 11 is 0. The molecule has 0 spiro atoms. The van der Waals surface area contributed by atoms with Crippen LogP contribution < -0.4 is 5.73 Å². The number of aliphatic hydroxyl groups excluding tert-OH is 1. The average Bonchev–Trinajstić information content (AvgIpc) is 2.93. The molecule has 1 aliphatic heterocycles. The van der Waals surface area contributed by atoms with Crippen LogP contribution in [0.1, 0.15) is 26.0 Å². The highest BCUT2D eigenvalue weighted by molar-refractivity contribution is 5.81. The van der Waals surface area contributed by atoms with E-state index >= 15 is 0 Å². The van der Waals surface area contributed by atoms with Crippen LogP contribution in [0, 0.1) is 0 Å². The molecule has 0 saturated carbocycles. The molecule has 2 aromatic heterocycles. The van der Waals surface area contributed by atoms with Gasteiger partial charge in [-0.2, -0.15) is 0 Å². The molecule has 1 unspecified atom stereocenters. The number of aromatic nitrogens is 4. The maximum absolute atomic E-state index is 9.87. The van der Waals surface area contributed by atoms with Gasteiger partial charge >= 0.3 is 0 Å². The zero-order chi connectivity index (χ0) is 12.7. The number of nitrogen functional groups attached to an aromatic ring is 1. The van der Waals surface area contributed by atoms with Gasteiger partial charge in [-0.3, -0.25) is 4.57 Å². The van der Waals surface area contributed by atoms with Gasteiger partial charge in [0.25, 0.3) is 0 Å². The first-order chi connectivity index (χ1) is 8.70. The number of hydrogen-bond acceptors (Lipinski definition) is 6. The summed E-state index contributed by atoms with van der Waals surface area (Å²) in [6, 6.07) is 0. The van der Waals surface area contributed by atoms with Gasteiger partial charge in [0.15, 0.2) is 11.5 Å². The summed E-state index contributed by atoms with van der Waals surface area (Å²) in [5.41, 5.74) is 6.93. The predicted octanol–water partition coefficient (Wildman–Crippen LogP) is 0.467. The van der Waals surface area contributed by atoms with E-state index in [2.05, 4.69) is 15.0 Å². The van der Waals surface area contributed by atoms with E-state index < -0.39 is 6.10 Å². The van der Waals surface area contributed by atoms with Crippen LogP contribution >= 0.6 is 0 Å². The lowest BCUT2D eigenvalue weighted by Crippen LogP contribution is -2.19. The third-order valence-electron chi connectivity index (χ3n) is 3.30. The fourth-order valence-electron chi connectivity index (χ4n) is 2.33. The Hall–Kier alpha value is -1.73. The van der Waals surface area contributed by atoms with Gasteiger partial charge in [0, 0.05) is 6.42 Å². The lowest BCUT2D eigenvalue weighted by molar-refractivity contribution is -0.0183. The standard InChI is InChI=1S/C11H15N5O2/c1-2-7-6(17)3-8(18-7)16-5-15-9-10(12)13-4-14-11(9)16/h4-8,17H,2-3H2,1H3,(H2,12,13,14)/t6?,7-,8-/m1/s1. The number of hydrogen-bond donors (Lipinski definition) is 2. The Bertz CT molecular complexity index is 570. The zero-order valence-corrected chi connectivity index (χ0v) is 10.0. The van der Waals surface area contributed by atoms with Crippen molar-refractivity contribution in [1.82, 2.24) is 19.5 Å². The molecule has 7 heteroatoms. The van der Waals surface area contributed by atoms with Gasteiger partial charge in [-0.05, 0) is 6.42 Å². The van der Waals surface area contributed by atoms with Crippen molar-refractivity contribution in [3.8, 4) is 0 Å². The summed E-state index contributed by atoms with van der Waals surface area (Å²) in [6.45, 7) is 1.99. The van der Waals surface area contributed by atoms with Gasteiger partial charge < -0.3 is 15.6 Å². The number of rotatable bonds is 2. The van der Waals surface area contributed by atoms with Crippen LogP contribution in [0.2, 0.25) is 0 Å². The third-order valence-corrected chi connectivity index (χ3v) is 3.30. The molecule has 96 valence electrons. The van der Waals surface area contributed by atoms with Gasteiger partial charge in [0.2, 0.25) is 0 Å². The molecule has 0 amide bonds. The number of nitrogens with two attached hydrogens (primary N) is 1. The van der Waals surface area contributed by atoms with E-state index in [9.17, 15) is 5.11 Å². The number of ether oxygens (including phenoxy) is 1. The molecule has 3 N–H and O–H groups in total. The molecule has 2 aromatic rings. The van der Waals surface area contributed by atoms with Crippen molar-refractivity contribution in [2.24, 2.45) is 0 Å². The SMILES string of the molecule is CC[C@H]1O[C@@H](n2cnc3c(N)ncnc32)CC1O. The van der Waals surface area contributed by atoms with Crippen molar-refractivity contribution in [3.05, 3.63) is 12.7 Å². The highest BCUT2D eigenvalue weighted by Gasteiger charge is 2.34. The van der Waals surface area contributed by atoms with Gasteiger partial charge in [0.1, 0.15) is 18.1 Å². The molecule has 0 bridgehead atoms. The Kier molecular flexibility index (Phi) is 2.64. The van der Waals surface area contributed by atoms with Gasteiger partial charge in [-0.1, -0.05) is 6.92 Å². The number of imidazole rings is 1. The van der Waals surface area contributed by atoms with Gasteiger partial charge in [-0.15, -0.1) is 0 Å². The smallest absolute Gasteiger partial charge is 0.167 e. The van der Waals surface area contributed by atoms with E-state index in [1.807, 2.05) is 6.92 Å². The number of anilines is 1. The van der Waals surface area contributed by atoms with Crippen molar-refractivity contribution < 1.29 is 9.84 Å². The molecule has 0 aliphatic carbocycles. The second-order valence-electron chi connectivity index (χ2n) is 4.42. The van der Waals surface area contributed by atoms with Crippen LogP contribution in [-0.2, 0) is 4.74 Å². The van der Waals surface area contributed by atoms with E-state index in [1.165, 1.54) is 6.33 Å². The van der Waals surface area contributed by atoms with E-state index in [1.54, 1.807) is 10.9 Å². The molecule has 3 heterocycles. The van der Waals surface area contributed by atoms with Crippen molar-refractivity contribution >= 4 is 17.0 Å². The minimum absolute atomic E-state index is 0.133. The first-order valence-corrected chi connectivity index (χ1v) is 5.97. The summed E-state index contributed by atoms with van der Waals surface area (Å²) in [5.74, 6) is 0.351. The highest BCUT2D eigenvalue weighted by Crippen LogP contribution is 2.32. The normalized spacial score (nSPS) is 28.0. The van der Waals surface area contributed by atoms with E-state index in [4.69, 9.17) is 10.5 Å². The van der Waals surface area contributed by atoms with Crippen molar-refractivity contribution in [1.29, 1.82) is 0 Å². The summed E-state index contributed by atoms with van der Waals surface area (Å²) in [5, 5.41) is 9.87. The lowest BCUT2D eigenvalue weighted by Gasteiger charge is -2.13. The summed E-state index contributed by atoms with van der Waals surface area (Å²) < 4.78 is 7.58. The first-order valence-electron chi connectivity index (χ1n) is 5.97. The maximum Gasteiger partial charge on any atom is 0.167 e. The van der Waals surface area contributed by atoms with Crippen LogP contribution in [-0.4, -0.2) is 36.8 Å². The predicted molar refractivity (Wildman–Crippen MR) is 64.6 cm³/mol. The highest BCUT2D eigenvalue weighted by atomic mass is 16.5. The molecule has 3 atom stereocenters. The largest absolute Gasteiger partial charge is 0.390 e. The Morgan fingerprint density at radius 2 is 2.33 bits per heavy atom. The topological polar surface area (TPSA) is 99.1 Å². The quantitative estimate of drug-likeness (QED) is 0.802. The fraction of sp³-hybridized carbons (Fsp3) is 0.545. The third kappa shape index (κ3) is 1.63. The molecule has 1 saturated heterocycles. The van der Waals surface area contributed by atoms with Gasteiger partial charge in [0.05, 0.1) is 18.5 Å². The molecule has 1 aliphatic rings. The van der Waals surface area contributed by atoms with Gasteiger partial charge in [-0.25, -0.2) is 15.0 Å². The first kappa shape index (κ1) is 11.4. The van der Waals surface area contributed by atoms with Crippen LogP contribution in [0.5, 0.6) is 0 Å². The van der Waals surface area contributed by atoms with E-state index in [0.717, 1.165) is 6.42 Å². The Labute approximate surface area is 104 Å². The number of aliphatic hydroxyl groups is 1. The molecule has 3 rings (SSSR count). The second kappa shape index (κ2) is 4.18. The van der Waals surface area contributed by atoms with Crippen LogP contribution in [0.3, 0.4) is 0 Å². The molecule has 7 nitrogen and oxygen atoms in total. The summed E-state index contributed by atoms with van der Waals surface area (Å²) in [4.78, 5) is 12.3. The maximum atomic E-state index is 9.87. The Balaban J connectivity index is 1.99. The molecular weight excluding hydrogens is 234 g/mol. The molecule has 0 radical (unpaired) electrons. The average molecular weight is 249 g/mol. The van der Waals surface area contributed by atoms with Crippen LogP contribution in [0.15, 0.2) is 12.7 Å². The van der Waals surface area contributed by atoms with Crippen molar-refractivity contribution in [2.45, 2.75) is 38.2 Å². The molecule has 0 aromatic carbocycles. The molecule has 18 heavy (non-hydrogen) atoms. The van der Waals surface area contributed by atoms with Crippen LogP contribution in [0.4, 0.5) is 5.82 Å². The number of fused-ring (bicyclic) bond motifs is 1. The zero-order valence-electron chi connectivity index (χ0n) is 10.0. The minimum atomic E-state index is -0.448. The molecule has 1 fully saturated rings. The lowest BCUT2D eigenvalue weighted by atomic mass is 10.1. The monoisotopic (exact) mass is 249 g/mol. The Morgan fingerprint density at radius 1 is 1.50 bits per heavy atom. The summed E-state index contributed by atoms with van der Waals surface area (Å²) in [6.07, 6.45) is 3.52. The minimum Gasteiger partial charge on any atom is -0.390 e. The Morgan fingerprint density at radius 3 is 3.06 bits per heavy atom. The number of nitrogens with zero attached hydrogens (tertiary/aromatic N) is 4. The van der Waals surface area contributed by atoms with Crippen molar-refractivity contribution in [3.63, 3.8) is 0 Å². The second-order valence-corrected chi connectivity index (χ2v) is 4.42. The van der Waals surface area contributed by atoms with Crippen LogP contribution in [0.25, 0.3) is 11.2 Å². The van der Waals surface area contributed by atoms with E-state index in [0.29, 0.717) is 23.4 Å². The van der Waals surface area contributed by atoms with E-state index in [-0.39, 0.29) is 12.3 Å². The fourth-order valence-corrected chi connectivity index (χ4v) is 2.33. The van der Waals surface area contributed by atoms with Crippen molar-refractivity contribution in [2.75, 3.05) is 5.73 Å².